The quantitative estimate of drug-likeness (QED) is 0.530. The molecule has 0 atom stereocenters. The number of nitrogens with zero attached hydrogens (tertiary/aromatic N) is 3. The van der Waals surface area contributed by atoms with E-state index in [1.165, 1.54) is 32.4 Å². The van der Waals surface area contributed by atoms with Gasteiger partial charge in [0, 0.05) is 45.3 Å². The molecule has 158 valence electrons. The number of carbonyl (C=O) groups is 3. The minimum absolute atomic E-state index is 0.00546. The summed E-state index contributed by atoms with van der Waals surface area (Å²) in [5.74, 6) is 0.00301. The molecule has 9 nitrogen and oxygen atoms in total. The van der Waals surface area contributed by atoms with Crippen LogP contribution in [-0.2, 0) is 9.59 Å². The van der Waals surface area contributed by atoms with Crippen molar-refractivity contribution < 1.29 is 29.0 Å². The van der Waals surface area contributed by atoms with Gasteiger partial charge in [-0.1, -0.05) is 0 Å². The lowest BCUT2D eigenvalue weighted by Crippen LogP contribution is -2.29. The topological polar surface area (TPSA) is 98.9 Å². The number of ketones is 2. The highest BCUT2D eigenvalue weighted by Crippen LogP contribution is 2.34. The Morgan fingerprint density at radius 2 is 1.43 bits per heavy atom. The van der Waals surface area contributed by atoms with E-state index in [0.29, 0.717) is 28.6 Å². The highest BCUT2D eigenvalue weighted by atomic mass is 16.5. The molecule has 0 bridgehead atoms. The molecule has 3 fully saturated rings. The number of benzene rings is 1. The first-order valence-corrected chi connectivity index (χ1v) is 9.69. The van der Waals surface area contributed by atoms with Crippen LogP contribution in [0.1, 0.15) is 10.4 Å². The summed E-state index contributed by atoms with van der Waals surface area (Å²) in [6.07, 6.45) is 1.52. The van der Waals surface area contributed by atoms with Crippen LogP contribution in [0.5, 0.6) is 11.5 Å². The van der Waals surface area contributed by atoms with Gasteiger partial charge in [-0.05, 0) is 18.2 Å². The van der Waals surface area contributed by atoms with Crippen molar-refractivity contribution in [2.45, 2.75) is 0 Å². The molecule has 0 amide bonds. The molecule has 0 aromatic heterocycles. The molecule has 1 aromatic rings. The Bertz CT molecular complexity index is 971. The monoisotopic (exact) mass is 413 g/mol. The molecule has 3 aliphatic heterocycles. The maximum Gasteiger partial charge on any atom is 0.335 e. The zero-order chi connectivity index (χ0) is 21.4. The Morgan fingerprint density at radius 3 is 1.93 bits per heavy atom. The van der Waals surface area contributed by atoms with Gasteiger partial charge in [-0.25, -0.2) is 4.79 Å². The predicted octanol–water partition coefficient (Wildman–Crippen LogP) is 0.583. The van der Waals surface area contributed by atoms with E-state index in [2.05, 4.69) is 0 Å². The maximum atomic E-state index is 12.4. The Balaban J connectivity index is 0.000000152. The molecule has 5 rings (SSSR count). The maximum absolute atomic E-state index is 12.4. The molecule has 30 heavy (non-hydrogen) atoms. The molecular weight excluding hydrogens is 390 g/mol. The number of hydrogen-bond acceptors (Lipinski definition) is 8. The summed E-state index contributed by atoms with van der Waals surface area (Å²) in [5, 5.41) is 8.67. The van der Waals surface area contributed by atoms with Crippen molar-refractivity contribution in [2.24, 2.45) is 0 Å². The molecular formula is C21H23N3O6. The van der Waals surface area contributed by atoms with Crippen molar-refractivity contribution in [3.05, 3.63) is 46.9 Å². The molecule has 0 saturated carbocycles. The van der Waals surface area contributed by atoms with Crippen LogP contribution in [0.4, 0.5) is 0 Å². The summed E-state index contributed by atoms with van der Waals surface area (Å²) in [6.45, 7) is 5.41. The summed E-state index contributed by atoms with van der Waals surface area (Å²) >= 11 is 0. The number of methoxy groups -OCH3 is 2. The van der Waals surface area contributed by atoms with Crippen LogP contribution in [0, 0.1) is 0 Å². The van der Waals surface area contributed by atoms with Gasteiger partial charge in [-0.3, -0.25) is 9.59 Å². The van der Waals surface area contributed by atoms with E-state index in [1.807, 2.05) is 14.7 Å². The number of allylic oxidation sites excluding steroid dienone is 1. The molecule has 3 saturated heterocycles. The third-order valence-electron chi connectivity index (χ3n) is 5.12. The van der Waals surface area contributed by atoms with Crippen LogP contribution >= 0.6 is 0 Å². The lowest BCUT2D eigenvalue weighted by atomic mass is 10.0. The van der Waals surface area contributed by atoms with Crippen LogP contribution in [-0.4, -0.2) is 90.8 Å². The van der Waals surface area contributed by atoms with Crippen LogP contribution in [0.2, 0.25) is 0 Å². The number of ether oxygens (including phenoxy) is 2. The van der Waals surface area contributed by atoms with Gasteiger partial charge in [0.1, 0.15) is 11.4 Å². The molecule has 0 spiro atoms. The standard InChI is InChI=1S/C12H13N3O2.C9H10O4/c16-9-7-8(13-1-2-13)12(17)11(15-5-6-15)10(9)14-3-4-14;1-12-7-4-3-6(9(10)11)5-8(7)13-2/h7H,1-6H2;3-5H,1-2H3,(H,10,11). The molecule has 1 aromatic carbocycles. The summed E-state index contributed by atoms with van der Waals surface area (Å²) in [6, 6.07) is 4.44. The zero-order valence-electron chi connectivity index (χ0n) is 16.9. The van der Waals surface area contributed by atoms with Gasteiger partial charge < -0.3 is 29.3 Å². The van der Waals surface area contributed by atoms with E-state index in [1.54, 1.807) is 6.07 Å². The molecule has 1 N–H and O–H groups in total. The lowest BCUT2D eigenvalue weighted by Gasteiger charge is -2.21. The largest absolute Gasteiger partial charge is 0.493 e. The number of aromatic carboxylic acids is 1. The molecule has 3 heterocycles. The van der Waals surface area contributed by atoms with Crippen LogP contribution < -0.4 is 9.47 Å². The zero-order valence-corrected chi connectivity index (χ0v) is 16.9. The molecule has 9 heteroatoms. The Morgan fingerprint density at radius 1 is 0.867 bits per heavy atom. The van der Waals surface area contributed by atoms with Crippen LogP contribution in [0.15, 0.2) is 41.4 Å². The normalized spacial score (nSPS) is 19.1. The van der Waals surface area contributed by atoms with Gasteiger partial charge >= 0.3 is 5.97 Å². The average molecular weight is 413 g/mol. The van der Waals surface area contributed by atoms with Gasteiger partial charge in [0.05, 0.1) is 25.5 Å². The van der Waals surface area contributed by atoms with Gasteiger partial charge in [0.2, 0.25) is 11.6 Å². The SMILES string of the molecule is COc1ccc(C(=O)O)cc1OC.O=C1C=C(N2CC2)C(=O)C(N2CC2)=C1N1CC1. The Kier molecular flexibility index (Phi) is 5.11. The molecule has 0 unspecified atom stereocenters. The summed E-state index contributed by atoms with van der Waals surface area (Å²) < 4.78 is 9.89. The molecule has 0 radical (unpaired) electrons. The van der Waals surface area contributed by atoms with Crippen molar-refractivity contribution in [2.75, 3.05) is 53.5 Å². The second-order valence-corrected chi connectivity index (χ2v) is 7.26. The molecule has 1 aliphatic carbocycles. The number of carboxylic acid groups (broad SMARTS) is 1. The second kappa shape index (κ2) is 7.74. The number of hydrogen-bond donors (Lipinski definition) is 1. The highest BCUT2D eigenvalue weighted by molar-refractivity contribution is 6.22. The number of carboxylic acids is 1. The van der Waals surface area contributed by atoms with Crippen molar-refractivity contribution in [1.82, 2.24) is 14.7 Å². The van der Waals surface area contributed by atoms with Crippen molar-refractivity contribution in [1.29, 1.82) is 0 Å². The average Bonchev–Trinajstić information content (AvgIpc) is 3.57. The summed E-state index contributed by atoms with van der Waals surface area (Å²) in [7, 11) is 2.96. The van der Waals surface area contributed by atoms with Gasteiger partial charge in [-0.15, -0.1) is 0 Å². The van der Waals surface area contributed by atoms with Gasteiger partial charge in [0.15, 0.2) is 11.5 Å². The second-order valence-electron chi connectivity index (χ2n) is 7.26. The Labute approximate surface area is 173 Å². The first kappa shape index (κ1) is 19.8. The van der Waals surface area contributed by atoms with Crippen molar-refractivity contribution in [3.8, 4) is 11.5 Å². The summed E-state index contributed by atoms with van der Waals surface area (Å²) in [4.78, 5) is 41.0. The minimum Gasteiger partial charge on any atom is -0.493 e. The van der Waals surface area contributed by atoms with E-state index in [-0.39, 0.29) is 17.1 Å². The lowest BCUT2D eigenvalue weighted by molar-refractivity contribution is -0.117. The fourth-order valence-corrected chi connectivity index (χ4v) is 3.24. The third-order valence-corrected chi connectivity index (χ3v) is 5.12. The van der Waals surface area contributed by atoms with Crippen molar-refractivity contribution in [3.63, 3.8) is 0 Å². The van der Waals surface area contributed by atoms with Gasteiger partial charge in [0.25, 0.3) is 0 Å². The van der Waals surface area contributed by atoms with Crippen LogP contribution in [0.25, 0.3) is 0 Å². The van der Waals surface area contributed by atoms with E-state index in [4.69, 9.17) is 14.6 Å². The highest BCUT2D eigenvalue weighted by Gasteiger charge is 2.43. The van der Waals surface area contributed by atoms with E-state index in [9.17, 15) is 14.4 Å². The first-order valence-electron chi connectivity index (χ1n) is 9.69. The fourth-order valence-electron chi connectivity index (χ4n) is 3.24. The number of rotatable bonds is 6. The van der Waals surface area contributed by atoms with Crippen LogP contribution in [0.3, 0.4) is 0 Å². The molecule has 4 aliphatic rings. The number of Topliss-reactive ketones (excluding diaryl/α,β-unsaturated/α-hetero) is 1. The minimum atomic E-state index is -0.985. The van der Waals surface area contributed by atoms with Crippen molar-refractivity contribution >= 4 is 17.5 Å². The fraction of sp³-hybridized carbons (Fsp3) is 0.381. The Hall–Kier alpha value is -3.49. The third kappa shape index (κ3) is 3.96. The smallest absolute Gasteiger partial charge is 0.335 e. The number of carbonyl (C=O) groups excluding carboxylic acids is 2. The first-order chi connectivity index (χ1) is 14.4. The predicted molar refractivity (Wildman–Crippen MR) is 106 cm³/mol. The van der Waals surface area contributed by atoms with Gasteiger partial charge in [-0.2, -0.15) is 0 Å². The van der Waals surface area contributed by atoms with E-state index >= 15 is 0 Å². The summed E-state index contributed by atoms with van der Waals surface area (Å²) in [5.41, 5.74) is 2.06. The van der Waals surface area contributed by atoms with E-state index < -0.39 is 5.97 Å². The van der Waals surface area contributed by atoms with E-state index in [0.717, 1.165) is 39.3 Å².